The third-order valence-corrected chi connectivity index (χ3v) is 3.07. The molecule has 0 spiro atoms. The Balaban J connectivity index is 2.43. The lowest BCUT2D eigenvalue weighted by molar-refractivity contribution is 0.188. The van der Waals surface area contributed by atoms with E-state index in [4.69, 9.17) is 9.15 Å². The Morgan fingerprint density at radius 3 is 2.88 bits per heavy atom. The van der Waals surface area contributed by atoms with Gasteiger partial charge in [0.2, 0.25) is 0 Å². The van der Waals surface area contributed by atoms with E-state index in [1.165, 1.54) is 12.8 Å². The third kappa shape index (κ3) is 5.37. The number of nitrogens with one attached hydrogen (secondary N) is 1. The molecule has 0 bridgehead atoms. The smallest absolute Gasteiger partial charge is 0.104 e. The second kappa shape index (κ2) is 7.51. The molecule has 0 aliphatic carbocycles. The van der Waals surface area contributed by atoms with E-state index in [9.17, 15) is 0 Å². The maximum atomic E-state index is 5.45. The second-order valence-electron chi connectivity index (χ2n) is 4.99. The van der Waals surface area contributed by atoms with E-state index in [-0.39, 0.29) is 5.41 Å². The van der Waals surface area contributed by atoms with E-state index >= 15 is 0 Å². The SMILES string of the molecule is CCCC(C)(CNCCOC)Cc1ccco1. The topological polar surface area (TPSA) is 34.4 Å². The molecule has 0 saturated heterocycles. The Morgan fingerprint density at radius 2 is 2.29 bits per heavy atom. The van der Waals surface area contributed by atoms with Gasteiger partial charge in [-0.05, 0) is 24.0 Å². The Hall–Kier alpha value is -0.800. The first-order chi connectivity index (χ1) is 8.20. The van der Waals surface area contributed by atoms with Gasteiger partial charge in [0.1, 0.15) is 5.76 Å². The predicted molar refractivity (Wildman–Crippen MR) is 70.2 cm³/mol. The van der Waals surface area contributed by atoms with Gasteiger partial charge in [-0.1, -0.05) is 20.3 Å². The summed E-state index contributed by atoms with van der Waals surface area (Å²) in [6.45, 7) is 7.23. The maximum absolute atomic E-state index is 5.45. The van der Waals surface area contributed by atoms with E-state index in [0.29, 0.717) is 0 Å². The van der Waals surface area contributed by atoms with Crippen LogP contribution in [-0.4, -0.2) is 26.8 Å². The van der Waals surface area contributed by atoms with Crippen molar-refractivity contribution in [3.05, 3.63) is 24.2 Å². The molecule has 1 aromatic rings. The van der Waals surface area contributed by atoms with Gasteiger partial charge < -0.3 is 14.5 Å². The summed E-state index contributed by atoms with van der Waals surface area (Å²) >= 11 is 0. The van der Waals surface area contributed by atoms with Crippen LogP contribution < -0.4 is 5.32 Å². The fourth-order valence-corrected chi connectivity index (χ4v) is 2.24. The van der Waals surface area contributed by atoms with Crippen LogP contribution in [0.25, 0.3) is 0 Å². The molecule has 1 rings (SSSR count). The monoisotopic (exact) mass is 239 g/mol. The highest BCUT2D eigenvalue weighted by Crippen LogP contribution is 2.27. The number of furan rings is 1. The standard InChI is InChI=1S/C14H25NO2/c1-4-7-14(2,12-15-8-10-16-3)11-13-6-5-9-17-13/h5-6,9,15H,4,7-8,10-12H2,1-3H3. The van der Waals surface area contributed by atoms with Crippen LogP contribution >= 0.6 is 0 Å². The highest BCUT2D eigenvalue weighted by atomic mass is 16.5. The zero-order valence-corrected chi connectivity index (χ0v) is 11.3. The Morgan fingerprint density at radius 1 is 1.47 bits per heavy atom. The van der Waals surface area contributed by atoms with Crippen LogP contribution in [0.2, 0.25) is 0 Å². The molecule has 0 fully saturated rings. The molecular formula is C14H25NO2. The van der Waals surface area contributed by atoms with E-state index < -0.39 is 0 Å². The van der Waals surface area contributed by atoms with Crippen LogP contribution in [0, 0.1) is 5.41 Å². The average Bonchev–Trinajstić information content (AvgIpc) is 2.77. The number of rotatable bonds is 9. The van der Waals surface area contributed by atoms with Crippen LogP contribution in [0.3, 0.4) is 0 Å². The Labute approximate surface area is 105 Å². The first-order valence-corrected chi connectivity index (χ1v) is 6.42. The first-order valence-electron chi connectivity index (χ1n) is 6.42. The zero-order chi connectivity index (χ0) is 12.6. The molecule has 98 valence electrons. The van der Waals surface area contributed by atoms with Crippen molar-refractivity contribution in [3.63, 3.8) is 0 Å². The van der Waals surface area contributed by atoms with Gasteiger partial charge in [-0.15, -0.1) is 0 Å². The number of methoxy groups -OCH3 is 1. The molecule has 3 heteroatoms. The molecule has 1 N–H and O–H groups in total. The van der Waals surface area contributed by atoms with Crippen LogP contribution in [0.15, 0.2) is 22.8 Å². The van der Waals surface area contributed by atoms with Gasteiger partial charge in [0.15, 0.2) is 0 Å². The molecule has 0 aliphatic heterocycles. The van der Waals surface area contributed by atoms with Crippen molar-refractivity contribution >= 4 is 0 Å². The van der Waals surface area contributed by atoms with Crippen molar-refractivity contribution in [1.29, 1.82) is 0 Å². The van der Waals surface area contributed by atoms with Crippen molar-refractivity contribution in [2.45, 2.75) is 33.1 Å². The van der Waals surface area contributed by atoms with Crippen molar-refractivity contribution in [2.75, 3.05) is 26.8 Å². The molecular weight excluding hydrogens is 214 g/mol. The fourth-order valence-electron chi connectivity index (χ4n) is 2.24. The first kappa shape index (κ1) is 14.3. The minimum atomic E-state index is 0.264. The largest absolute Gasteiger partial charge is 0.469 e. The molecule has 1 aromatic heterocycles. The van der Waals surface area contributed by atoms with Crippen molar-refractivity contribution in [1.82, 2.24) is 5.32 Å². The molecule has 3 nitrogen and oxygen atoms in total. The van der Waals surface area contributed by atoms with Crippen LogP contribution in [0.4, 0.5) is 0 Å². The summed E-state index contributed by atoms with van der Waals surface area (Å²) in [7, 11) is 1.73. The molecule has 1 unspecified atom stereocenters. The maximum Gasteiger partial charge on any atom is 0.104 e. The summed E-state index contributed by atoms with van der Waals surface area (Å²) in [6.07, 6.45) is 5.14. The van der Waals surface area contributed by atoms with Crippen LogP contribution in [-0.2, 0) is 11.2 Å². The van der Waals surface area contributed by atoms with E-state index in [1.54, 1.807) is 13.4 Å². The van der Waals surface area contributed by atoms with Gasteiger partial charge in [-0.2, -0.15) is 0 Å². The molecule has 0 radical (unpaired) electrons. The Kier molecular flexibility index (Phi) is 6.30. The van der Waals surface area contributed by atoms with Crippen molar-refractivity contribution in [2.24, 2.45) is 5.41 Å². The van der Waals surface area contributed by atoms with Crippen molar-refractivity contribution < 1.29 is 9.15 Å². The van der Waals surface area contributed by atoms with E-state index in [2.05, 4.69) is 25.2 Å². The van der Waals surface area contributed by atoms with E-state index in [0.717, 1.165) is 31.9 Å². The van der Waals surface area contributed by atoms with Gasteiger partial charge in [0.05, 0.1) is 12.9 Å². The molecule has 17 heavy (non-hydrogen) atoms. The van der Waals surface area contributed by atoms with Gasteiger partial charge in [0, 0.05) is 26.6 Å². The predicted octanol–water partition coefficient (Wildman–Crippen LogP) is 2.86. The lowest BCUT2D eigenvalue weighted by Gasteiger charge is -2.29. The fraction of sp³-hybridized carbons (Fsp3) is 0.714. The quantitative estimate of drug-likeness (QED) is 0.673. The highest BCUT2D eigenvalue weighted by molar-refractivity contribution is 5.02. The molecule has 1 heterocycles. The van der Waals surface area contributed by atoms with Gasteiger partial charge in [-0.3, -0.25) is 0 Å². The summed E-state index contributed by atoms with van der Waals surface area (Å²) in [5, 5.41) is 3.46. The molecule has 0 aliphatic rings. The number of hydrogen-bond acceptors (Lipinski definition) is 3. The summed E-state index contributed by atoms with van der Waals surface area (Å²) in [4.78, 5) is 0. The summed E-state index contributed by atoms with van der Waals surface area (Å²) in [5.41, 5.74) is 0.264. The van der Waals surface area contributed by atoms with Crippen molar-refractivity contribution in [3.8, 4) is 0 Å². The van der Waals surface area contributed by atoms with Crippen LogP contribution in [0.1, 0.15) is 32.4 Å². The summed E-state index contributed by atoms with van der Waals surface area (Å²) in [5.74, 6) is 1.08. The normalized spacial score (nSPS) is 14.8. The lowest BCUT2D eigenvalue weighted by atomic mass is 9.81. The summed E-state index contributed by atoms with van der Waals surface area (Å²) in [6, 6.07) is 4.02. The third-order valence-electron chi connectivity index (χ3n) is 3.07. The minimum Gasteiger partial charge on any atom is -0.469 e. The highest BCUT2D eigenvalue weighted by Gasteiger charge is 2.24. The second-order valence-corrected chi connectivity index (χ2v) is 4.99. The molecule has 1 atom stereocenters. The lowest BCUT2D eigenvalue weighted by Crippen LogP contribution is -2.35. The molecule has 0 amide bonds. The van der Waals surface area contributed by atoms with Gasteiger partial charge in [0.25, 0.3) is 0 Å². The minimum absolute atomic E-state index is 0.264. The molecule has 0 saturated carbocycles. The zero-order valence-electron chi connectivity index (χ0n) is 11.3. The van der Waals surface area contributed by atoms with Gasteiger partial charge >= 0.3 is 0 Å². The summed E-state index contributed by atoms with van der Waals surface area (Å²) < 4.78 is 10.5. The number of hydrogen-bond donors (Lipinski definition) is 1. The Bertz CT molecular complexity index is 284. The number of ether oxygens (including phenoxy) is 1. The van der Waals surface area contributed by atoms with E-state index in [1.807, 2.05) is 6.07 Å². The van der Waals surface area contributed by atoms with Crippen LogP contribution in [0.5, 0.6) is 0 Å². The average molecular weight is 239 g/mol. The molecule has 0 aromatic carbocycles. The van der Waals surface area contributed by atoms with Gasteiger partial charge in [-0.25, -0.2) is 0 Å².